The van der Waals surface area contributed by atoms with E-state index in [9.17, 15) is 94.3 Å². The third-order valence-electron chi connectivity index (χ3n) is 5.31. The molecule has 0 aliphatic rings. The number of halogens is 18. The van der Waals surface area contributed by atoms with Crippen LogP contribution in [0.15, 0.2) is 0 Å². The van der Waals surface area contributed by atoms with Gasteiger partial charge in [-0.3, -0.25) is 0 Å². The highest BCUT2D eigenvalue weighted by Gasteiger charge is 2.60. The molecule has 1 aromatic carbocycles. The van der Waals surface area contributed by atoms with Crippen LogP contribution in [0.2, 0.25) is 0 Å². The van der Waals surface area contributed by atoms with Gasteiger partial charge < -0.3 is 15.3 Å². The molecule has 1 rings (SSSR count). The summed E-state index contributed by atoms with van der Waals surface area (Å²) in [5.74, 6) is -21.5. The Bertz CT molecular complexity index is 818. The van der Waals surface area contributed by atoms with Gasteiger partial charge in [0.15, 0.2) is 17.8 Å². The van der Waals surface area contributed by atoms with Crippen LogP contribution >= 0.6 is 0 Å². The van der Waals surface area contributed by atoms with Crippen LogP contribution in [-0.4, -0.2) is 52.4 Å². The summed E-state index contributed by atoms with van der Waals surface area (Å²) in [5, 5.41) is 29.9. The van der Waals surface area contributed by atoms with Crippen LogP contribution in [-0.2, 0) is 19.3 Å². The van der Waals surface area contributed by atoms with Crippen molar-refractivity contribution in [2.75, 3.05) is 0 Å². The molecule has 21 heteroatoms. The lowest BCUT2D eigenvalue weighted by Gasteiger charge is -2.28. The number of benzene rings is 1. The average molecular weight is 618 g/mol. The Morgan fingerprint density at radius 1 is 0.333 bits per heavy atom. The molecule has 0 aromatic heterocycles. The Hall–Kier alpha value is -2.64. The van der Waals surface area contributed by atoms with Crippen LogP contribution in [0, 0.1) is 17.8 Å². The largest absolute Gasteiger partial charge is 0.507 e. The van der Waals surface area contributed by atoms with Crippen molar-refractivity contribution in [1.82, 2.24) is 0 Å². The first-order chi connectivity index (χ1) is 16.9. The molecule has 0 aliphatic heterocycles. The molecule has 3 N–H and O–H groups in total. The first-order valence-corrected chi connectivity index (χ1v) is 9.59. The number of alkyl halides is 18. The van der Waals surface area contributed by atoms with Gasteiger partial charge in [-0.1, -0.05) is 0 Å². The molecule has 228 valence electrons. The smallest absolute Gasteiger partial charge is 0.400 e. The summed E-state index contributed by atoms with van der Waals surface area (Å²) in [5.41, 5.74) is -6.95. The second-order valence-corrected chi connectivity index (χ2v) is 8.00. The minimum atomic E-state index is -6.38. The van der Waals surface area contributed by atoms with Gasteiger partial charge in [-0.25, -0.2) is 0 Å². The Labute approximate surface area is 203 Å². The van der Waals surface area contributed by atoms with E-state index in [1.807, 2.05) is 0 Å². The molecule has 0 amide bonds. The Kier molecular flexibility index (Phi) is 9.17. The molecule has 1 aromatic rings. The highest BCUT2D eigenvalue weighted by atomic mass is 19.4. The maximum absolute atomic E-state index is 13.0. The monoisotopic (exact) mass is 618 g/mol. The van der Waals surface area contributed by atoms with E-state index in [0.29, 0.717) is 0 Å². The van der Waals surface area contributed by atoms with Crippen molar-refractivity contribution < 1.29 is 94.3 Å². The highest BCUT2D eigenvalue weighted by molar-refractivity contribution is 5.62. The van der Waals surface area contributed by atoms with Crippen molar-refractivity contribution in [2.45, 2.75) is 56.3 Å². The fourth-order valence-electron chi connectivity index (χ4n) is 3.33. The van der Waals surface area contributed by atoms with E-state index in [1.165, 1.54) is 0 Å². The normalized spacial score (nSPS) is 14.7. The van der Waals surface area contributed by atoms with Gasteiger partial charge in [-0.2, -0.15) is 79.0 Å². The van der Waals surface area contributed by atoms with E-state index in [-0.39, 0.29) is 0 Å². The summed E-state index contributed by atoms with van der Waals surface area (Å²) < 4.78 is 233. The molecule has 0 atom stereocenters. The van der Waals surface area contributed by atoms with Crippen LogP contribution < -0.4 is 0 Å². The molecule has 0 spiro atoms. The summed E-state index contributed by atoms with van der Waals surface area (Å²) in [6.45, 7) is 0. The minimum absolute atomic E-state index is 2.32. The molecular formula is C18H12F18O3. The van der Waals surface area contributed by atoms with E-state index in [0.717, 1.165) is 0 Å². The Morgan fingerprint density at radius 2 is 0.462 bits per heavy atom. The van der Waals surface area contributed by atoms with Gasteiger partial charge in [0.2, 0.25) is 0 Å². The fraction of sp³-hybridized carbons (Fsp3) is 0.667. The van der Waals surface area contributed by atoms with Gasteiger partial charge in [0.25, 0.3) is 0 Å². The predicted octanol–water partition coefficient (Wildman–Crippen LogP) is 7.65. The Morgan fingerprint density at radius 3 is 0.564 bits per heavy atom. The number of phenols is 3. The van der Waals surface area contributed by atoms with Gasteiger partial charge in [0, 0.05) is 16.7 Å². The number of hydrogen-bond acceptors (Lipinski definition) is 3. The maximum atomic E-state index is 13.0. The van der Waals surface area contributed by atoms with E-state index in [1.54, 1.807) is 0 Å². The first kappa shape index (κ1) is 34.4. The van der Waals surface area contributed by atoms with Crippen molar-refractivity contribution in [3.63, 3.8) is 0 Å². The summed E-state index contributed by atoms with van der Waals surface area (Å²) in [6.07, 6.45) is -46.7. The Balaban J connectivity index is 4.09. The zero-order valence-electron chi connectivity index (χ0n) is 18.0. The van der Waals surface area contributed by atoms with Crippen molar-refractivity contribution in [3.05, 3.63) is 16.7 Å². The lowest BCUT2D eigenvalue weighted by molar-refractivity contribution is -0.284. The zero-order chi connectivity index (χ0) is 31.3. The molecule has 0 bridgehead atoms. The quantitative estimate of drug-likeness (QED) is 0.287. The summed E-state index contributed by atoms with van der Waals surface area (Å²) in [4.78, 5) is 0. The second-order valence-electron chi connectivity index (χ2n) is 8.00. The molecule has 3 nitrogen and oxygen atoms in total. The van der Waals surface area contributed by atoms with Gasteiger partial charge in [0.05, 0.1) is 0 Å². The van der Waals surface area contributed by atoms with Crippen LogP contribution in [0.4, 0.5) is 79.0 Å². The molecule has 39 heavy (non-hydrogen) atoms. The highest BCUT2D eigenvalue weighted by Crippen LogP contribution is 2.53. The lowest BCUT2D eigenvalue weighted by Crippen LogP contribution is -2.39. The van der Waals surface area contributed by atoms with E-state index < -0.39 is 108 Å². The summed E-state index contributed by atoms with van der Waals surface area (Å²) >= 11 is 0. The average Bonchev–Trinajstić information content (AvgIpc) is 2.61. The number of phenolic OH excluding ortho intramolecular Hbond substituents is 3. The van der Waals surface area contributed by atoms with Crippen molar-refractivity contribution in [2.24, 2.45) is 17.8 Å². The van der Waals surface area contributed by atoms with Crippen molar-refractivity contribution >= 4 is 0 Å². The number of aromatic hydroxyl groups is 3. The van der Waals surface area contributed by atoms with E-state index in [4.69, 9.17) is 0 Å². The van der Waals surface area contributed by atoms with Crippen LogP contribution in [0.1, 0.15) is 16.7 Å². The standard InChI is InChI=1S/C18H12F18O3/c19-13(20,21)7(14(22,23)24)1-4-10(37)5(2-8(15(25,26)27)16(28,29)30)12(39)6(11(4)38)3-9(17(31,32)33)18(34,35)36/h7-9,37-39H,1-3H2. The summed E-state index contributed by atoms with van der Waals surface area (Å²) in [6, 6.07) is 0. The molecule has 0 unspecified atom stereocenters. The molecule has 0 saturated heterocycles. The lowest BCUT2D eigenvalue weighted by atomic mass is 9.85. The van der Waals surface area contributed by atoms with E-state index >= 15 is 0 Å². The third-order valence-corrected chi connectivity index (χ3v) is 5.31. The van der Waals surface area contributed by atoms with Crippen molar-refractivity contribution in [3.8, 4) is 17.2 Å². The van der Waals surface area contributed by atoms with Gasteiger partial charge in [-0.05, 0) is 19.3 Å². The molecular weight excluding hydrogens is 606 g/mol. The molecule has 0 radical (unpaired) electrons. The third kappa shape index (κ3) is 8.18. The molecule has 0 aliphatic carbocycles. The SMILES string of the molecule is Oc1c(CC(C(F)(F)F)C(F)(F)F)c(O)c(CC(C(F)(F)F)C(F)(F)F)c(O)c1CC(C(F)(F)F)C(F)(F)F. The van der Waals surface area contributed by atoms with Gasteiger partial charge in [0.1, 0.15) is 17.2 Å². The molecule has 0 fully saturated rings. The first-order valence-electron chi connectivity index (χ1n) is 9.59. The predicted molar refractivity (Wildman–Crippen MR) is 89.3 cm³/mol. The van der Waals surface area contributed by atoms with Crippen LogP contribution in [0.5, 0.6) is 17.2 Å². The second kappa shape index (κ2) is 10.4. The zero-order valence-corrected chi connectivity index (χ0v) is 18.0. The molecule has 0 heterocycles. The minimum Gasteiger partial charge on any atom is -0.507 e. The van der Waals surface area contributed by atoms with Crippen LogP contribution in [0.3, 0.4) is 0 Å². The topological polar surface area (TPSA) is 60.7 Å². The van der Waals surface area contributed by atoms with Crippen molar-refractivity contribution in [1.29, 1.82) is 0 Å². The fourth-order valence-corrected chi connectivity index (χ4v) is 3.33. The maximum Gasteiger partial charge on any atom is 0.400 e. The molecule has 0 saturated carbocycles. The van der Waals surface area contributed by atoms with Gasteiger partial charge in [-0.15, -0.1) is 0 Å². The number of rotatable bonds is 6. The van der Waals surface area contributed by atoms with Crippen LogP contribution in [0.25, 0.3) is 0 Å². The number of hydrogen-bond donors (Lipinski definition) is 3. The van der Waals surface area contributed by atoms with E-state index in [2.05, 4.69) is 0 Å². The summed E-state index contributed by atoms with van der Waals surface area (Å²) in [7, 11) is 0. The van der Waals surface area contributed by atoms with Gasteiger partial charge >= 0.3 is 37.1 Å².